The number of ketones is 1. The lowest BCUT2D eigenvalue weighted by molar-refractivity contribution is -0.195. The van der Waals surface area contributed by atoms with Crippen LogP contribution in [0.15, 0.2) is 42.5 Å². The van der Waals surface area contributed by atoms with E-state index in [0.29, 0.717) is 10.6 Å². The molecule has 2 aromatic carbocycles. The number of carbonyl (C=O) groups is 4. The summed E-state index contributed by atoms with van der Waals surface area (Å²) in [4.78, 5) is 52.2. The lowest BCUT2D eigenvalue weighted by Gasteiger charge is -2.38. The number of rotatable bonds is 10. The van der Waals surface area contributed by atoms with Gasteiger partial charge in [-0.2, -0.15) is 17.6 Å². The van der Waals surface area contributed by atoms with Crippen molar-refractivity contribution in [2.24, 2.45) is 0 Å². The first-order valence-electron chi connectivity index (χ1n) is 15.3. The van der Waals surface area contributed by atoms with Crippen LogP contribution in [0.2, 0.25) is 0 Å². The summed E-state index contributed by atoms with van der Waals surface area (Å²) >= 11 is 0. The normalized spacial score (nSPS) is 13.3. The minimum absolute atomic E-state index is 0.151. The molecule has 0 bridgehead atoms. The van der Waals surface area contributed by atoms with Crippen LogP contribution in [0.5, 0.6) is 0 Å². The molecule has 49 heavy (non-hydrogen) atoms. The Kier molecular flexibility index (Phi) is 14.3. The van der Waals surface area contributed by atoms with Crippen LogP contribution in [-0.4, -0.2) is 64.2 Å². The maximum Gasteiger partial charge on any atom is 0.408 e. The Bertz CT molecular complexity index is 1490. The number of alkyl carbamates (subject to hydrolysis) is 1. The van der Waals surface area contributed by atoms with Crippen molar-refractivity contribution in [2.75, 3.05) is 14.2 Å². The molecule has 0 aliphatic carbocycles. The average Bonchev–Trinajstić information content (AvgIpc) is 2.98. The first-order chi connectivity index (χ1) is 22.2. The molecule has 0 aliphatic rings. The number of carboxylic acid groups (broad SMARTS) is 1. The van der Waals surface area contributed by atoms with Crippen LogP contribution in [0.1, 0.15) is 103 Å². The molecule has 0 aliphatic heterocycles. The molecule has 0 aromatic heterocycles. The zero-order valence-electron chi connectivity index (χ0n) is 29.6. The number of halogens is 5. The van der Waals surface area contributed by atoms with Crippen molar-refractivity contribution < 1.29 is 55.8 Å². The second-order valence-corrected chi connectivity index (χ2v) is 13.1. The quantitative estimate of drug-likeness (QED) is 0.189. The zero-order valence-corrected chi connectivity index (χ0v) is 29.6. The first-order valence-corrected chi connectivity index (χ1v) is 15.3. The number of alkyl halides is 4. The molecule has 274 valence electrons. The summed E-state index contributed by atoms with van der Waals surface area (Å²) < 4.78 is 76.4. The number of hydrogen-bond donors (Lipinski definition) is 2. The monoisotopic (exact) mass is 703 g/mol. The van der Waals surface area contributed by atoms with E-state index in [9.17, 15) is 46.2 Å². The van der Waals surface area contributed by atoms with E-state index in [2.05, 4.69) is 10.2 Å². The van der Waals surface area contributed by atoms with E-state index in [1.54, 1.807) is 54.5 Å². The summed E-state index contributed by atoms with van der Waals surface area (Å²) in [6, 6.07) is 6.97. The maximum atomic E-state index is 14.5. The second-order valence-electron chi connectivity index (χ2n) is 13.1. The van der Waals surface area contributed by atoms with Gasteiger partial charge in [0.15, 0.2) is 0 Å². The van der Waals surface area contributed by atoms with E-state index in [0.717, 1.165) is 32.4 Å². The number of Topliss-reactive ketones (excluding diaryl/α,β-unsaturated/α-hetero) is 1. The van der Waals surface area contributed by atoms with Crippen LogP contribution >= 0.6 is 0 Å². The van der Waals surface area contributed by atoms with Crippen LogP contribution in [0.3, 0.4) is 0 Å². The maximum absolute atomic E-state index is 14.5. The molecule has 10 nitrogen and oxygen atoms in total. The van der Waals surface area contributed by atoms with Crippen molar-refractivity contribution in [3.8, 4) is 0 Å². The third kappa shape index (κ3) is 11.1. The molecule has 2 atom stereocenters. The summed E-state index contributed by atoms with van der Waals surface area (Å²) in [5.74, 6) is -11.8. The van der Waals surface area contributed by atoms with E-state index >= 15 is 0 Å². The van der Waals surface area contributed by atoms with Crippen LogP contribution in [0.4, 0.5) is 31.5 Å². The molecule has 0 saturated carbocycles. The van der Waals surface area contributed by atoms with E-state index in [1.165, 1.54) is 36.9 Å². The fraction of sp³-hybridized carbons (Fsp3) is 0.529. The highest BCUT2D eigenvalue weighted by molar-refractivity contribution is 5.86. The molecule has 0 radical (unpaired) electrons. The molecule has 3 amide bonds. The van der Waals surface area contributed by atoms with Crippen LogP contribution in [-0.2, 0) is 31.0 Å². The summed E-state index contributed by atoms with van der Waals surface area (Å²) in [5, 5.41) is 12.3. The third-order valence-corrected chi connectivity index (χ3v) is 7.11. The summed E-state index contributed by atoms with van der Waals surface area (Å²) in [6.07, 6.45) is -2.37. The Hall–Kier alpha value is -4.27. The highest BCUT2D eigenvalue weighted by Gasteiger charge is 2.44. The molecular weight excluding hydrogens is 657 g/mol. The molecule has 0 heterocycles. The lowest BCUT2D eigenvalue weighted by atomic mass is 9.96. The van der Waals surface area contributed by atoms with Crippen molar-refractivity contribution >= 4 is 23.9 Å². The van der Waals surface area contributed by atoms with E-state index < -0.39 is 82.3 Å². The number of amides is 3. The Morgan fingerprint density at radius 3 is 1.94 bits per heavy atom. The minimum atomic E-state index is -3.92. The van der Waals surface area contributed by atoms with Crippen LogP contribution < -0.4 is 5.32 Å². The second kappa shape index (κ2) is 16.4. The average molecular weight is 704 g/mol. The number of nitrogens with one attached hydrogen (secondary N) is 1. The molecule has 0 saturated heterocycles. The number of hydrogen-bond acceptors (Lipinski definition) is 6. The molecular formula is C34H46F5N3O7. The number of hydroxylamine groups is 2. The molecule has 15 heteroatoms. The standard InChI is InChI=1S/C17H22F3NO3.C17H24F2N2O4/c1-6-13(22)17(19,20)12-9-7-8-11(14(12)18)10(2)21-15(23)24-16(3,4)5;1-11(21(15(23)24)16(2,3)4)12-8-7-9-13(10-12)17(18,19)14(22)20(5)25-6/h7-10H,6H2,1-5H3,(H,21,23);7-11H,1-6H3,(H,23,24)/t10-;11-/m11/s1. The SMILES string of the molecule is CCC(=O)C(F)(F)c1cccc([C@@H](C)NC(=O)OC(C)(C)C)c1F.CON(C)C(=O)C(F)(F)c1cccc([C@@H](C)N(C(=O)O)C(C)(C)C)c1. The van der Waals surface area contributed by atoms with Gasteiger partial charge >= 0.3 is 29.9 Å². The first kappa shape index (κ1) is 42.8. The van der Waals surface area contributed by atoms with Gasteiger partial charge in [0.2, 0.25) is 5.78 Å². The smallest absolute Gasteiger partial charge is 0.408 e. The van der Waals surface area contributed by atoms with Crippen molar-refractivity contribution in [1.82, 2.24) is 15.3 Å². The molecule has 0 fully saturated rings. The Balaban J connectivity index is 0.000000490. The summed E-state index contributed by atoms with van der Waals surface area (Å²) in [7, 11) is 2.20. The van der Waals surface area contributed by atoms with Gasteiger partial charge in [-0.1, -0.05) is 37.3 Å². The topological polar surface area (TPSA) is 125 Å². The predicted octanol–water partition coefficient (Wildman–Crippen LogP) is 8.12. The number of likely N-dealkylation sites (N-methyl/N-ethyl adjacent to an activating group) is 1. The number of benzene rings is 2. The Labute approximate surface area is 283 Å². The molecule has 2 rings (SSSR count). The fourth-order valence-electron chi connectivity index (χ4n) is 4.64. The highest BCUT2D eigenvalue weighted by Crippen LogP contribution is 2.36. The third-order valence-electron chi connectivity index (χ3n) is 7.11. The minimum Gasteiger partial charge on any atom is -0.465 e. The van der Waals surface area contributed by atoms with Crippen molar-refractivity contribution in [1.29, 1.82) is 0 Å². The highest BCUT2D eigenvalue weighted by atomic mass is 19.3. The number of carbonyl (C=O) groups excluding carboxylic acids is 3. The largest absolute Gasteiger partial charge is 0.465 e. The van der Waals surface area contributed by atoms with Gasteiger partial charge in [-0.05, 0) is 73.1 Å². The van der Waals surface area contributed by atoms with Crippen molar-refractivity contribution in [3.05, 3.63) is 70.5 Å². The predicted molar refractivity (Wildman–Crippen MR) is 172 cm³/mol. The van der Waals surface area contributed by atoms with Gasteiger partial charge < -0.3 is 15.2 Å². The summed E-state index contributed by atoms with van der Waals surface area (Å²) in [5.41, 5.74) is -2.78. The van der Waals surface area contributed by atoms with Gasteiger partial charge in [0.1, 0.15) is 11.4 Å². The van der Waals surface area contributed by atoms with Crippen molar-refractivity contribution in [3.63, 3.8) is 0 Å². The van der Waals surface area contributed by atoms with Crippen LogP contribution in [0.25, 0.3) is 0 Å². The van der Waals surface area contributed by atoms with Gasteiger partial charge in [-0.25, -0.2) is 19.0 Å². The fourth-order valence-corrected chi connectivity index (χ4v) is 4.64. The van der Waals surface area contributed by atoms with Crippen molar-refractivity contribution in [2.45, 2.75) is 104 Å². The zero-order chi connectivity index (χ0) is 38.3. The number of ether oxygens (including phenoxy) is 1. The van der Waals surface area contributed by atoms with E-state index in [-0.39, 0.29) is 5.56 Å². The molecule has 2 aromatic rings. The van der Waals surface area contributed by atoms with Crippen LogP contribution in [0, 0.1) is 5.82 Å². The number of nitrogens with zero attached hydrogens (tertiary/aromatic N) is 2. The molecule has 0 spiro atoms. The Morgan fingerprint density at radius 1 is 0.918 bits per heavy atom. The van der Waals surface area contributed by atoms with Gasteiger partial charge in [0.05, 0.1) is 24.8 Å². The van der Waals surface area contributed by atoms with Gasteiger partial charge in [0, 0.05) is 30.1 Å². The summed E-state index contributed by atoms with van der Waals surface area (Å²) in [6.45, 7) is 14.5. The van der Waals surface area contributed by atoms with E-state index in [4.69, 9.17) is 4.74 Å². The molecule has 2 N–H and O–H groups in total. The Morgan fingerprint density at radius 2 is 1.47 bits per heavy atom. The molecule has 0 unspecified atom stereocenters. The van der Waals surface area contributed by atoms with E-state index in [1.807, 2.05) is 0 Å². The van der Waals surface area contributed by atoms with Gasteiger partial charge in [0.25, 0.3) is 0 Å². The van der Waals surface area contributed by atoms with Gasteiger partial charge in [-0.15, -0.1) is 0 Å². The van der Waals surface area contributed by atoms with Gasteiger partial charge in [-0.3, -0.25) is 19.3 Å². The lowest BCUT2D eigenvalue weighted by Crippen LogP contribution is -2.46.